The third-order valence-corrected chi connectivity index (χ3v) is 2.98. The molecule has 2 rings (SSSR count). The predicted molar refractivity (Wildman–Crippen MR) is 71.5 cm³/mol. The van der Waals surface area contributed by atoms with Crippen LogP contribution in [-0.2, 0) is 20.9 Å². The third-order valence-electron chi connectivity index (χ3n) is 2.98. The number of carbonyl (C=O) groups excluding carboxylic acids is 2. The van der Waals surface area contributed by atoms with Crippen LogP contribution in [0.3, 0.4) is 0 Å². The van der Waals surface area contributed by atoms with Gasteiger partial charge < -0.3 is 14.6 Å². The normalized spacial score (nSPS) is 12.2. The molecule has 0 bridgehead atoms. The van der Waals surface area contributed by atoms with E-state index in [4.69, 9.17) is 0 Å². The van der Waals surface area contributed by atoms with Crippen molar-refractivity contribution in [2.75, 3.05) is 7.11 Å². The molecule has 106 valence electrons. The van der Waals surface area contributed by atoms with Gasteiger partial charge in [-0.3, -0.25) is 4.79 Å². The molecular weight excluding hydrogens is 263 g/mol. The molecule has 1 N–H and O–H groups in total. The summed E-state index contributed by atoms with van der Waals surface area (Å²) in [5.74, 6) is -1.22. The van der Waals surface area contributed by atoms with Crippen LogP contribution < -0.4 is 5.32 Å². The van der Waals surface area contributed by atoms with E-state index >= 15 is 0 Å². The lowest BCUT2D eigenvalue weighted by molar-refractivity contribution is -0.144. The molecule has 6 heteroatoms. The van der Waals surface area contributed by atoms with Crippen molar-refractivity contribution < 1.29 is 18.7 Å². The number of hydrogen-bond acceptors (Lipinski definition) is 3. The summed E-state index contributed by atoms with van der Waals surface area (Å²) in [6, 6.07) is 5.46. The number of halogens is 1. The zero-order valence-electron chi connectivity index (χ0n) is 11.2. The molecule has 0 spiro atoms. The van der Waals surface area contributed by atoms with E-state index in [1.807, 2.05) is 0 Å². The van der Waals surface area contributed by atoms with E-state index in [9.17, 15) is 14.0 Å². The summed E-state index contributed by atoms with van der Waals surface area (Å²) in [5.41, 5.74) is 0.630. The monoisotopic (exact) mass is 278 g/mol. The largest absolute Gasteiger partial charge is 0.467 e. The Hall–Kier alpha value is -2.37. The number of esters is 1. The Kier molecular flexibility index (Phi) is 4.02. The van der Waals surface area contributed by atoms with Crippen LogP contribution in [0.2, 0.25) is 0 Å². The molecule has 0 saturated heterocycles. The molecule has 0 fully saturated rings. The summed E-state index contributed by atoms with van der Waals surface area (Å²) in [6.45, 7) is 1.55. The standard InChI is InChI=1S/C14H15FN2O3/c1-9(14(19)20-2)16-13(18)8-17-6-5-10-3-4-11(15)7-12(10)17/h3-7,9H,8H2,1-2H3,(H,16,18)/t9-/m1/s1. The maximum Gasteiger partial charge on any atom is 0.328 e. The van der Waals surface area contributed by atoms with Gasteiger partial charge in [-0.05, 0) is 36.6 Å². The molecule has 5 nitrogen and oxygen atoms in total. The van der Waals surface area contributed by atoms with Crippen LogP contribution in [0.4, 0.5) is 4.39 Å². The molecule has 0 unspecified atom stereocenters. The fraction of sp³-hybridized carbons (Fsp3) is 0.286. The van der Waals surface area contributed by atoms with Gasteiger partial charge in [-0.25, -0.2) is 9.18 Å². The minimum atomic E-state index is -0.717. The maximum absolute atomic E-state index is 13.2. The second kappa shape index (κ2) is 5.73. The van der Waals surface area contributed by atoms with E-state index in [0.29, 0.717) is 5.52 Å². The first-order valence-corrected chi connectivity index (χ1v) is 6.13. The van der Waals surface area contributed by atoms with Gasteiger partial charge in [0.15, 0.2) is 0 Å². The van der Waals surface area contributed by atoms with Crippen LogP contribution in [-0.4, -0.2) is 29.6 Å². The fourth-order valence-electron chi connectivity index (χ4n) is 1.97. The predicted octanol–water partition coefficient (Wildman–Crippen LogP) is 1.46. The smallest absolute Gasteiger partial charge is 0.328 e. The summed E-state index contributed by atoms with van der Waals surface area (Å²) in [4.78, 5) is 23.0. The van der Waals surface area contributed by atoms with Crippen molar-refractivity contribution in [3.05, 3.63) is 36.3 Å². The second-order valence-corrected chi connectivity index (χ2v) is 4.46. The Morgan fingerprint density at radius 2 is 2.15 bits per heavy atom. The van der Waals surface area contributed by atoms with Gasteiger partial charge in [-0.1, -0.05) is 0 Å². The molecule has 0 aliphatic carbocycles. The zero-order valence-corrected chi connectivity index (χ0v) is 11.2. The van der Waals surface area contributed by atoms with Crippen molar-refractivity contribution in [1.29, 1.82) is 0 Å². The molecule has 1 aromatic heterocycles. The van der Waals surface area contributed by atoms with Crippen LogP contribution >= 0.6 is 0 Å². The number of amides is 1. The number of ether oxygens (including phenoxy) is 1. The SMILES string of the molecule is COC(=O)[C@@H](C)NC(=O)Cn1ccc2ccc(F)cc21. The number of carbonyl (C=O) groups is 2. The Bertz CT molecular complexity index is 651. The number of methoxy groups -OCH3 is 1. The van der Waals surface area contributed by atoms with Crippen molar-refractivity contribution in [2.45, 2.75) is 19.5 Å². The molecule has 1 atom stereocenters. The fourth-order valence-corrected chi connectivity index (χ4v) is 1.97. The zero-order chi connectivity index (χ0) is 14.7. The first-order valence-electron chi connectivity index (χ1n) is 6.13. The Morgan fingerprint density at radius 1 is 1.40 bits per heavy atom. The first kappa shape index (κ1) is 14.0. The van der Waals surface area contributed by atoms with E-state index in [-0.39, 0.29) is 18.3 Å². The molecular formula is C14H15FN2O3. The summed E-state index contributed by atoms with van der Waals surface area (Å²) >= 11 is 0. The highest BCUT2D eigenvalue weighted by Gasteiger charge is 2.16. The van der Waals surface area contributed by atoms with Crippen LogP contribution in [0.15, 0.2) is 30.5 Å². The lowest BCUT2D eigenvalue weighted by atomic mass is 10.2. The van der Waals surface area contributed by atoms with Gasteiger partial charge in [0, 0.05) is 6.20 Å². The Balaban J connectivity index is 2.10. The van der Waals surface area contributed by atoms with Gasteiger partial charge in [0.05, 0.1) is 12.6 Å². The second-order valence-electron chi connectivity index (χ2n) is 4.46. The number of fused-ring (bicyclic) bond motifs is 1. The number of benzene rings is 1. The Morgan fingerprint density at radius 3 is 2.85 bits per heavy atom. The van der Waals surface area contributed by atoms with Crippen molar-refractivity contribution in [3.8, 4) is 0 Å². The summed E-state index contributed by atoms with van der Waals surface area (Å²) in [5, 5.41) is 3.37. The van der Waals surface area contributed by atoms with Gasteiger partial charge in [0.1, 0.15) is 18.4 Å². The molecule has 0 aliphatic heterocycles. The highest BCUT2D eigenvalue weighted by atomic mass is 19.1. The molecule has 1 aromatic carbocycles. The van der Waals surface area contributed by atoms with Gasteiger partial charge in [-0.2, -0.15) is 0 Å². The minimum absolute atomic E-state index is 0.00822. The van der Waals surface area contributed by atoms with Crippen molar-refractivity contribution in [3.63, 3.8) is 0 Å². The number of rotatable bonds is 4. The van der Waals surface area contributed by atoms with Crippen LogP contribution in [0.5, 0.6) is 0 Å². The van der Waals surface area contributed by atoms with Crippen LogP contribution in [0, 0.1) is 5.82 Å². The highest BCUT2D eigenvalue weighted by Crippen LogP contribution is 2.16. The van der Waals surface area contributed by atoms with E-state index in [1.165, 1.54) is 26.2 Å². The highest BCUT2D eigenvalue weighted by molar-refractivity contribution is 5.86. The van der Waals surface area contributed by atoms with Gasteiger partial charge >= 0.3 is 5.97 Å². The summed E-state index contributed by atoms with van der Waals surface area (Å²) < 4.78 is 19.4. The molecule has 1 heterocycles. The molecule has 2 aromatic rings. The molecule has 0 saturated carbocycles. The Labute approximate surface area is 115 Å². The average molecular weight is 278 g/mol. The van der Waals surface area contributed by atoms with Crippen LogP contribution in [0.25, 0.3) is 10.9 Å². The van der Waals surface area contributed by atoms with Gasteiger partial charge in [-0.15, -0.1) is 0 Å². The lowest BCUT2D eigenvalue weighted by Crippen LogP contribution is -2.40. The van der Waals surface area contributed by atoms with E-state index in [1.54, 1.807) is 22.9 Å². The summed E-state index contributed by atoms with van der Waals surface area (Å²) in [6.07, 6.45) is 1.70. The molecule has 20 heavy (non-hydrogen) atoms. The average Bonchev–Trinajstić information content (AvgIpc) is 2.80. The molecule has 0 aliphatic rings. The molecule has 0 radical (unpaired) electrons. The maximum atomic E-state index is 13.2. The van der Waals surface area contributed by atoms with Crippen LogP contribution in [0.1, 0.15) is 6.92 Å². The number of hydrogen-bond donors (Lipinski definition) is 1. The van der Waals surface area contributed by atoms with Gasteiger partial charge in [0.25, 0.3) is 0 Å². The van der Waals surface area contributed by atoms with Gasteiger partial charge in [0.2, 0.25) is 5.91 Å². The van der Waals surface area contributed by atoms with Crippen molar-refractivity contribution in [1.82, 2.24) is 9.88 Å². The van der Waals surface area contributed by atoms with E-state index in [2.05, 4.69) is 10.1 Å². The first-order chi connectivity index (χ1) is 9.51. The lowest BCUT2D eigenvalue weighted by Gasteiger charge is -2.12. The topological polar surface area (TPSA) is 60.3 Å². The van der Waals surface area contributed by atoms with E-state index in [0.717, 1.165) is 5.39 Å². The number of aromatic nitrogens is 1. The van der Waals surface area contributed by atoms with Crippen molar-refractivity contribution >= 4 is 22.8 Å². The number of nitrogens with one attached hydrogen (secondary N) is 1. The summed E-state index contributed by atoms with van der Waals surface area (Å²) in [7, 11) is 1.26. The quantitative estimate of drug-likeness (QED) is 0.861. The number of nitrogens with zero attached hydrogens (tertiary/aromatic N) is 1. The van der Waals surface area contributed by atoms with Crippen molar-refractivity contribution in [2.24, 2.45) is 0 Å². The minimum Gasteiger partial charge on any atom is -0.467 e. The third kappa shape index (κ3) is 2.96. The van der Waals surface area contributed by atoms with E-state index < -0.39 is 12.0 Å². The molecule has 1 amide bonds.